The molecule has 0 saturated carbocycles. The fourth-order valence-corrected chi connectivity index (χ4v) is 2.24. The molecule has 1 aromatic carbocycles. The zero-order chi connectivity index (χ0) is 13.8. The Balaban J connectivity index is 2.38. The zero-order valence-corrected chi connectivity index (χ0v) is 12.4. The molecule has 0 aliphatic heterocycles. The van der Waals surface area contributed by atoms with Gasteiger partial charge >= 0.3 is 0 Å². The Morgan fingerprint density at radius 1 is 1.21 bits per heavy atom. The Morgan fingerprint density at radius 3 is 2.74 bits per heavy atom. The van der Waals surface area contributed by atoms with Gasteiger partial charge in [0.2, 0.25) is 0 Å². The fourth-order valence-electron chi connectivity index (χ4n) is 1.84. The first-order valence-electron chi connectivity index (χ1n) is 6.15. The Bertz CT molecular complexity index is 585. The van der Waals surface area contributed by atoms with Crippen LogP contribution in [-0.4, -0.2) is 9.97 Å². The second kappa shape index (κ2) is 6.22. The summed E-state index contributed by atoms with van der Waals surface area (Å²) in [5.41, 5.74) is 2.85. The largest absolute Gasteiger partial charge is 0.340 e. The number of halogens is 2. The van der Waals surface area contributed by atoms with E-state index in [1.54, 1.807) is 0 Å². The van der Waals surface area contributed by atoms with E-state index in [1.165, 1.54) is 6.33 Å². The second-order valence-corrected chi connectivity index (χ2v) is 5.04. The van der Waals surface area contributed by atoms with Gasteiger partial charge in [0.15, 0.2) is 0 Å². The molecule has 0 fully saturated rings. The van der Waals surface area contributed by atoms with E-state index in [0.717, 1.165) is 40.5 Å². The van der Waals surface area contributed by atoms with Gasteiger partial charge in [0, 0.05) is 16.3 Å². The molecule has 0 radical (unpaired) electrons. The SMILES string of the molecule is CCCc1c(Cl)ncnc1Nc1cccc(Cl)c1C. The summed E-state index contributed by atoms with van der Waals surface area (Å²) in [7, 11) is 0. The molecule has 2 rings (SSSR count). The smallest absolute Gasteiger partial charge is 0.138 e. The van der Waals surface area contributed by atoms with E-state index in [1.807, 2.05) is 25.1 Å². The van der Waals surface area contributed by atoms with Crippen molar-refractivity contribution in [2.75, 3.05) is 5.32 Å². The van der Waals surface area contributed by atoms with Crippen LogP contribution in [0.3, 0.4) is 0 Å². The topological polar surface area (TPSA) is 37.8 Å². The van der Waals surface area contributed by atoms with Gasteiger partial charge in [0.1, 0.15) is 17.3 Å². The van der Waals surface area contributed by atoms with Crippen LogP contribution >= 0.6 is 23.2 Å². The van der Waals surface area contributed by atoms with Crippen molar-refractivity contribution in [3.8, 4) is 0 Å². The van der Waals surface area contributed by atoms with Crippen LogP contribution in [0.25, 0.3) is 0 Å². The molecule has 3 nitrogen and oxygen atoms in total. The number of rotatable bonds is 4. The van der Waals surface area contributed by atoms with Gasteiger partial charge in [0.25, 0.3) is 0 Å². The van der Waals surface area contributed by atoms with E-state index in [9.17, 15) is 0 Å². The number of nitrogens with zero attached hydrogens (tertiary/aromatic N) is 2. The molecule has 1 aromatic heterocycles. The van der Waals surface area contributed by atoms with Crippen molar-refractivity contribution in [3.05, 3.63) is 45.8 Å². The van der Waals surface area contributed by atoms with Crippen molar-refractivity contribution in [1.82, 2.24) is 9.97 Å². The van der Waals surface area contributed by atoms with Gasteiger partial charge in [-0.3, -0.25) is 0 Å². The first kappa shape index (κ1) is 14.1. The lowest BCUT2D eigenvalue weighted by molar-refractivity contribution is 0.904. The van der Waals surface area contributed by atoms with Crippen molar-refractivity contribution in [2.45, 2.75) is 26.7 Å². The number of hydrogen-bond donors (Lipinski definition) is 1. The predicted octanol–water partition coefficient (Wildman–Crippen LogP) is 4.79. The average Bonchev–Trinajstić information content (AvgIpc) is 2.39. The van der Waals surface area contributed by atoms with E-state index in [4.69, 9.17) is 23.2 Å². The summed E-state index contributed by atoms with van der Waals surface area (Å²) in [6.45, 7) is 4.06. The van der Waals surface area contributed by atoms with Crippen molar-refractivity contribution < 1.29 is 0 Å². The minimum Gasteiger partial charge on any atom is -0.340 e. The first-order chi connectivity index (χ1) is 9.13. The van der Waals surface area contributed by atoms with Crippen LogP contribution in [0, 0.1) is 6.92 Å². The van der Waals surface area contributed by atoms with Gasteiger partial charge in [-0.15, -0.1) is 0 Å². The van der Waals surface area contributed by atoms with Crippen LogP contribution in [0.2, 0.25) is 10.2 Å². The van der Waals surface area contributed by atoms with E-state index in [0.29, 0.717) is 5.15 Å². The van der Waals surface area contributed by atoms with Gasteiger partial charge < -0.3 is 5.32 Å². The van der Waals surface area contributed by atoms with Crippen molar-refractivity contribution >= 4 is 34.7 Å². The lowest BCUT2D eigenvalue weighted by Gasteiger charge is -2.13. The van der Waals surface area contributed by atoms with Crippen LogP contribution in [0.1, 0.15) is 24.5 Å². The molecule has 0 aliphatic rings. The summed E-state index contributed by atoms with van der Waals surface area (Å²) in [5, 5.41) is 4.51. The molecule has 1 N–H and O–H groups in total. The van der Waals surface area contributed by atoms with Gasteiger partial charge in [-0.25, -0.2) is 9.97 Å². The van der Waals surface area contributed by atoms with Gasteiger partial charge in [-0.05, 0) is 31.0 Å². The molecule has 5 heteroatoms. The summed E-state index contributed by atoms with van der Waals surface area (Å²) in [6, 6.07) is 5.73. The van der Waals surface area contributed by atoms with E-state index in [-0.39, 0.29) is 0 Å². The molecule has 0 atom stereocenters. The summed E-state index contributed by atoms with van der Waals surface area (Å²) in [4.78, 5) is 8.30. The lowest BCUT2D eigenvalue weighted by Crippen LogP contribution is -2.02. The molecule has 1 heterocycles. The summed E-state index contributed by atoms with van der Waals surface area (Å²) < 4.78 is 0. The van der Waals surface area contributed by atoms with Crippen molar-refractivity contribution in [3.63, 3.8) is 0 Å². The maximum Gasteiger partial charge on any atom is 0.138 e. The Labute approximate surface area is 123 Å². The molecule has 0 bridgehead atoms. The molecular formula is C14H15Cl2N3. The Kier molecular flexibility index (Phi) is 4.61. The monoisotopic (exact) mass is 295 g/mol. The fraction of sp³-hybridized carbons (Fsp3) is 0.286. The van der Waals surface area contributed by atoms with Gasteiger partial charge in [-0.2, -0.15) is 0 Å². The highest BCUT2D eigenvalue weighted by Crippen LogP contribution is 2.28. The summed E-state index contributed by atoms with van der Waals surface area (Å²) in [6.07, 6.45) is 3.28. The normalized spacial score (nSPS) is 10.5. The minimum atomic E-state index is 0.499. The third-order valence-electron chi connectivity index (χ3n) is 2.91. The van der Waals surface area contributed by atoms with Crippen LogP contribution in [0.4, 0.5) is 11.5 Å². The van der Waals surface area contributed by atoms with Crippen LogP contribution in [-0.2, 0) is 6.42 Å². The molecule has 0 aliphatic carbocycles. The molecular weight excluding hydrogens is 281 g/mol. The number of aromatic nitrogens is 2. The quantitative estimate of drug-likeness (QED) is 0.824. The molecule has 100 valence electrons. The van der Waals surface area contributed by atoms with Crippen LogP contribution < -0.4 is 5.32 Å². The molecule has 2 aromatic rings. The third kappa shape index (κ3) is 3.17. The Hall–Kier alpha value is -1.32. The minimum absolute atomic E-state index is 0.499. The first-order valence-corrected chi connectivity index (χ1v) is 6.90. The Morgan fingerprint density at radius 2 is 2.00 bits per heavy atom. The number of anilines is 2. The van der Waals surface area contributed by atoms with E-state index < -0.39 is 0 Å². The maximum absolute atomic E-state index is 6.13. The average molecular weight is 296 g/mol. The number of nitrogens with one attached hydrogen (secondary N) is 1. The number of benzene rings is 1. The summed E-state index contributed by atoms with van der Waals surface area (Å²) in [5.74, 6) is 0.743. The summed E-state index contributed by atoms with van der Waals surface area (Å²) >= 11 is 12.2. The number of hydrogen-bond acceptors (Lipinski definition) is 3. The van der Waals surface area contributed by atoms with Crippen molar-refractivity contribution in [1.29, 1.82) is 0 Å². The third-order valence-corrected chi connectivity index (χ3v) is 3.65. The van der Waals surface area contributed by atoms with Gasteiger partial charge in [0.05, 0.1) is 0 Å². The molecule has 0 unspecified atom stereocenters. The van der Waals surface area contributed by atoms with Crippen LogP contribution in [0.5, 0.6) is 0 Å². The standard InChI is InChI=1S/C14H15Cl2N3/c1-3-5-10-13(16)17-8-18-14(10)19-12-7-4-6-11(15)9(12)2/h4,6-8H,3,5H2,1-2H3,(H,17,18,19). The van der Waals surface area contributed by atoms with Crippen molar-refractivity contribution in [2.24, 2.45) is 0 Å². The molecule has 0 spiro atoms. The second-order valence-electron chi connectivity index (χ2n) is 4.28. The predicted molar refractivity (Wildman–Crippen MR) is 80.5 cm³/mol. The van der Waals surface area contributed by atoms with Crippen LogP contribution in [0.15, 0.2) is 24.5 Å². The van der Waals surface area contributed by atoms with E-state index in [2.05, 4.69) is 22.2 Å². The highest BCUT2D eigenvalue weighted by atomic mass is 35.5. The maximum atomic E-state index is 6.13. The molecule has 0 amide bonds. The van der Waals surface area contributed by atoms with E-state index >= 15 is 0 Å². The molecule has 19 heavy (non-hydrogen) atoms. The molecule has 0 saturated heterocycles. The zero-order valence-electron chi connectivity index (χ0n) is 10.9. The lowest BCUT2D eigenvalue weighted by atomic mass is 10.1. The highest BCUT2D eigenvalue weighted by Gasteiger charge is 2.10. The van der Waals surface area contributed by atoms with Gasteiger partial charge in [-0.1, -0.05) is 42.6 Å². The highest BCUT2D eigenvalue weighted by molar-refractivity contribution is 6.31.